The molecule has 0 fully saturated rings. The number of halogens is 1. The van der Waals surface area contributed by atoms with E-state index in [9.17, 15) is 4.79 Å². The first-order chi connectivity index (χ1) is 14.2. The van der Waals surface area contributed by atoms with Gasteiger partial charge in [0.15, 0.2) is 5.76 Å². The molecule has 7 nitrogen and oxygen atoms in total. The molecule has 2 aromatic carbocycles. The minimum Gasteiger partial charge on any atom is -0.486 e. The maximum absolute atomic E-state index is 12.3. The second-order valence-corrected chi connectivity index (χ2v) is 7.11. The summed E-state index contributed by atoms with van der Waals surface area (Å²) in [7, 11) is 0. The number of hydrogen-bond acceptors (Lipinski definition) is 5. The molecule has 146 valence electrons. The minimum atomic E-state index is -0.278. The van der Waals surface area contributed by atoms with Gasteiger partial charge in [0.2, 0.25) is 0 Å². The zero-order valence-electron chi connectivity index (χ0n) is 15.3. The highest BCUT2D eigenvalue weighted by Gasteiger charge is 2.11. The van der Waals surface area contributed by atoms with Crippen LogP contribution in [0, 0.1) is 0 Å². The fourth-order valence-electron chi connectivity index (χ4n) is 2.64. The summed E-state index contributed by atoms with van der Waals surface area (Å²) in [6.45, 7) is 0.639. The molecule has 0 aliphatic rings. The fraction of sp³-hybridized carbons (Fsp3) is 0.0952. The van der Waals surface area contributed by atoms with Crippen LogP contribution in [0.4, 0.5) is 0 Å². The van der Waals surface area contributed by atoms with Crippen LogP contribution in [0.5, 0.6) is 5.75 Å². The minimum absolute atomic E-state index is 0.249. The van der Waals surface area contributed by atoms with Crippen LogP contribution in [0.25, 0.3) is 5.69 Å². The molecule has 0 aliphatic heterocycles. The third kappa shape index (κ3) is 4.91. The molecule has 2 heterocycles. The van der Waals surface area contributed by atoms with Crippen molar-refractivity contribution in [1.82, 2.24) is 20.1 Å². The van der Waals surface area contributed by atoms with Crippen molar-refractivity contribution in [3.8, 4) is 11.4 Å². The Labute approximate surface area is 175 Å². The van der Waals surface area contributed by atoms with Gasteiger partial charge in [0, 0.05) is 11.0 Å². The Bertz CT molecular complexity index is 1070. The van der Waals surface area contributed by atoms with Crippen LogP contribution in [0.3, 0.4) is 0 Å². The van der Waals surface area contributed by atoms with Crippen molar-refractivity contribution >= 4 is 21.8 Å². The number of aromatic nitrogens is 3. The number of rotatable bonds is 7. The highest BCUT2D eigenvalue weighted by Crippen LogP contribution is 2.18. The van der Waals surface area contributed by atoms with Gasteiger partial charge in [0.1, 0.15) is 30.8 Å². The van der Waals surface area contributed by atoms with Crippen LogP contribution >= 0.6 is 15.9 Å². The summed E-state index contributed by atoms with van der Waals surface area (Å²) in [4.78, 5) is 16.2. The zero-order chi connectivity index (χ0) is 20.1. The molecule has 0 bridgehead atoms. The van der Waals surface area contributed by atoms with Gasteiger partial charge in [-0.2, -0.15) is 5.10 Å². The second-order valence-electron chi connectivity index (χ2n) is 6.20. The maximum Gasteiger partial charge on any atom is 0.287 e. The average molecular weight is 453 g/mol. The molecule has 29 heavy (non-hydrogen) atoms. The van der Waals surface area contributed by atoms with E-state index in [1.54, 1.807) is 23.1 Å². The number of carbonyl (C=O) groups is 1. The molecule has 2 aromatic heterocycles. The zero-order valence-corrected chi connectivity index (χ0v) is 16.9. The summed E-state index contributed by atoms with van der Waals surface area (Å²) >= 11 is 3.38. The van der Waals surface area contributed by atoms with Gasteiger partial charge in [-0.05, 0) is 54.1 Å². The van der Waals surface area contributed by atoms with Gasteiger partial charge in [0.05, 0.1) is 5.69 Å². The number of nitrogens with one attached hydrogen (secondary N) is 1. The van der Waals surface area contributed by atoms with E-state index >= 15 is 0 Å². The molecule has 0 atom stereocenters. The molecule has 0 spiro atoms. The van der Waals surface area contributed by atoms with Gasteiger partial charge < -0.3 is 14.5 Å². The van der Waals surface area contributed by atoms with Crippen molar-refractivity contribution in [1.29, 1.82) is 0 Å². The highest BCUT2D eigenvalue weighted by molar-refractivity contribution is 9.10. The molecular weight excluding hydrogens is 436 g/mol. The summed E-state index contributed by atoms with van der Waals surface area (Å²) in [5.74, 6) is 1.28. The van der Waals surface area contributed by atoms with E-state index in [1.807, 2.05) is 48.5 Å². The lowest BCUT2D eigenvalue weighted by atomic mass is 10.2. The molecule has 0 unspecified atom stereocenters. The van der Waals surface area contributed by atoms with Crippen molar-refractivity contribution in [3.05, 3.63) is 94.9 Å². The van der Waals surface area contributed by atoms with Crippen molar-refractivity contribution in [3.63, 3.8) is 0 Å². The molecule has 0 aliphatic carbocycles. The maximum atomic E-state index is 12.3. The standard InChI is InChI=1S/C21H17BrN4O3/c22-16-3-7-18(8-4-16)28-12-19-9-10-20(29-19)21(27)24-11-15-1-5-17(6-2-15)26-14-23-13-25-26/h1-10,13-14H,11-12H2,(H,24,27). The van der Waals surface area contributed by atoms with Gasteiger partial charge in [-0.3, -0.25) is 4.79 Å². The van der Waals surface area contributed by atoms with Crippen LogP contribution in [-0.2, 0) is 13.2 Å². The van der Waals surface area contributed by atoms with E-state index in [1.165, 1.54) is 6.33 Å². The molecule has 4 rings (SSSR count). The number of carbonyl (C=O) groups excluding carboxylic acids is 1. The SMILES string of the molecule is O=C(NCc1ccc(-n2cncn2)cc1)c1ccc(COc2ccc(Br)cc2)o1. The van der Waals surface area contributed by atoms with Gasteiger partial charge in [-0.15, -0.1) is 0 Å². The lowest BCUT2D eigenvalue weighted by Gasteiger charge is -2.06. The van der Waals surface area contributed by atoms with Crippen LogP contribution < -0.4 is 10.1 Å². The summed E-state index contributed by atoms with van der Waals surface area (Å²) in [5, 5.41) is 6.93. The van der Waals surface area contributed by atoms with Crippen LogP contribution in [0.2, 0.25) is 0 Å². The lowest BCUT2D eigenvalue weighted by Crippen LogP contribution is -2.22. The van der Waals surface area contributed by atoms with Crippen molar-refractivity contribution in [2.75, 3.05) is 0 Å². The predicted molar refractivity (Wildman–Crippen MR) is 110 cm³/mol. The second kappa shape index (κ2) is 8.74. The number of amides is 1. The van der Waals surface area contributed by atoms with E-state index < -0.39 is 0 Å². The van der Waals surface area contributed by atoms with Gasteiger partial charge in [-0.1, -0.05) is 28.1 Å². The highest BCUT2D eigenvalue weighted by atomic mass is 79.9. The molecule has 0 saturated carbocycles. The summed E-state index contributed by atoms with van der Waals surface area (Å²) in [6.07, 6.45) is 3.11. The first-order valence-corrected chi connectivity index (χ1v) is 9.66. The summed E-state index contributed by atoms with van der Waals surface area (Å²) in [6, 6.07) is 18.6. The monoisotopic (exact) mass is 452 g/mol. The Morgan fingerprint density at radius 2 is 1.86 bits per heavy atom. The van der Waals surface area contributed by atoms with Crippen LogP contribution in [-0.4, -0.2) is 20.7 Å². The van der Waals surface area contributed by atoms with E-state index in [-0.39, 0.29) is 18.3 Å². The average Bonchev–Trinajstić information content (AvgIpc) is 3.44. The third-order valence-electron chi connectivity index (χ3n) is 4.15. The normalized spacial score (nSPS) is 10.7. The summed E-state index contributed by atoms with van der Waals surface area (Å²) < 4.78 is 13.9. The molecule has 4 aromatic rings. The third-order valence-corrected chi connectivity index (χ3v) is 4.68. The Balaban J connectivity index is 1.29. The van der Waals surface area contributed by atoms with Gasteiger partial charge in [0.25, 0.3) is 5.91 Å². The van der Waals surface area contributed by atoms with Crippen molar-refractivity contribution < 1.29 is 13.9 Å². The van der Waals surface area contributed by atoms with E-state index in [4.69, 9.17) is 9.15 Å². The van der Waals surface area contributed by atoms with Crippen LogP contribution in [0.1, 0.15) is 21.9 Å². The number of benzene rings is 2. The Hall–Kier alpha value is -3.39. The largest absolute Gasteiger partial charge is 0.486 e. The number of furan rings is 1. The smallest absolute Gasteiger partial charge is 0.287 e. The van der Waals surface area contributed by atoms with Crippen LogP contribution in [0.15, 0.2) is 82.2 Å². The van der Waals surface area contributed by atoms with E-state index in [0.717, 1.165) is 21.5 Å². The van der Waals surface area contributed by atoms with Gasteiger partial charge in [-0.25, -0.2) is 9.67 Å². The molecule has 8 heteroatoms. The van der Waals surface area contributed by atoms with Gasteiger partial charge >= 0.3 is 0 Å². The molecular formula is C21H17BrN4O3. The molecule has 1 amide bonds. The lowest BCUT2D eigenvalue weighted by molar-refractivity contribution is 0.0919. The molecule has 0 saturated heterocycles. The number of nitrogens with zero attached hydrogens (tertiary/aromatic N) is 3. The van der Waals surface area contributed by atoms with E-state index in [2.05, 4.69) is 31.3 Å². The number of hydrogen-bond donors (Lipinski definition) is 1. The Morgan fingerprint density at radius 3 is 2.59 bits per heavy atom. The Morgan fingerprint density at radius 1 is 1.07 bits per heavy atom. The first-order valence-electron chi connectivity index (χ1n) is 8.86. The predicted octanol–water partition coefficient (Wildman–Crippen LogP) is 4.13. The Kier molecular flexibility index (Phi) is 5.71. The number of ether oxygens (including phenoxy) is 1. The van der Waals surface area contributed by atoms with Crippen molar-refractivity contribution in [2.24, 2.45) is 0 Å². The quantitative estimate of drug-likeness (QED) is 0.455. The molecule has 0 radical (unpaired) electrons. The molecule has 1 N–H and O–H groups in total. The fourth-order valence-corrected chi connectivity index (χ4v) is 2.90. The first kappa shape index (κ1) is 18.9. The summed E-state index contributed by atoms with van der Waals surface area (Å²) in [5.41, 5.74) is 1.87. The van der Waals surface area contributed by atoms with E-state index in [0.29, 0.717) is 12.3 Å². The van der Waals surface area contributed by atoms with Crippen molar-refractivity contribution in [2.45, 2.75) is 13.2 Å². The topological polar surface area (TPSA) is 82.2 Å².